The summed E-state index contributed by atoms with van der Waals surface area (Å²) < 4.78 is 5.37. The molecule has 0 spiro atoms. The molecule has 0 saturated heterocycles. The summed E-state index contributed by atoms with van der Waals surface area (Å²) in [4.78, 5) is 17.0. The quantitative estimate of drug-likeness (QED) is 0.484. The number of hydrogen-bond donors (Lipinski definition) is 0. The van der Waals surface area contributed by atoms with Crippen LogP contribution in [0.25, 0.3) is 11.4 Å². The lowest BCUT2D eigenvalue weighted by Gasteiger charge is -2.27. The van der Waals surface area contributed by atoms with Crippen LogP contribution in [-0.4, -0.2) is 21.1 Å². The van der Waals surface area contributed by atoms with Gasteiger partial charge >= 0.3 is 0 Å². The van der Waals surface area contributed by atoms with E-state index in [1.807, 2.05) is 6.92 Å². The van der Waals surface area contributed by atoms with Crippen LogP contribution in [0.1, 0.15) is 25.3 Å². The lowest BCUT2D eigenvalue weighted by atomic mass is 10.2. The van der Waals surface area contributed by atoms with Gasteiger partial charge in [-0.3, -0.25) is 10.1 Å². The van der Waals surface area contributed by atoms with E-state index in [0.717, 1.165) is 5.69 Å². The van der Waals surface area contributed by atoms with Gasteiger partial charge in [0.1, 0.15) is 0 Å². The summed E-state index contributed by atoms with van der Waals surface area (Å²) in [6.07, 6.45) is 0. The minimum absolute atomic E-state index is 0.00249. The molecule has 1 aromatic heterocycles. The number of rotatable bonds is 6. The van der Waals surface area contributed by atoms with Crippen molar-refractivity contribution in [1.29, 1.82) is 0 Å². The van der Waals surface area contributed by atoms with Crippen LogP contribution in [0.4, 0.5) is 11.4 Å². The molecule has 0 aliphatic carbocycles. The molecule has 0 aliphatic rings. The molecule has 0 fully saturated rings. The summed E-state index contributed by atoms with van der Waals surface area (Å²) in [5, 5.41) is 14.9. The third-order valence-electron chi connectivity index (χ3n) is 4.08. The van der Waals surface area contributed by atoms with Gasteiger partial charge in [-0.25, -0.2) is 0 Å². The fourth-order valence-corrected chi connectivity index (χ4v) is 2.65. The molecule has 0 bridgehead atoms. The topological polar surface area (TPSA) is 85.3 Å². The van der Waals surface area contributed by atoms with Gasteiger partial charge in [-0.05, 0) is 32.9 Å². The zero-order valence-electron chi connectivity index (χ0n) is 14.9. The molecule has 0 saturated carbocycles. The number of non-ortho nitro benzene ring substituents is 1. The van der Waals surface area contributed by atoms with E-state index in [2.05, 4.69) is 53.2 Å². The number of benzene rings is 2. The Bertz CT molecular complexity index is 903. The lowest BCUT2D eigenvalue weighted by Crippen LogP contribution is -2.30. The third kappa shape index (κ3) is 3.88. The highest BCUT2D eigenvalue weighted by Gasteiger charge is 2.17. The van der Waals surface area contributed by atoms with Crippen LogP contribution in [0, 0.1) is 17.0 Å². The number of nitro benzene ring substituents is 1. The standard InChI is InChI=1S/C19H20N4O3/c1-13(2)22(16-9-7-14(3)8-10-16)12-18-20-19(21-26-18)15-5-4-6-17(11-15)23(24)25/h4-11,13H,12H2,1-3H3. The molecule has 0 radical (unpaired) electrons. The molecule has 7 heteroatoms. The predicted molar refractivity (Wildman–Crippen MR) is 98.9 cm³/mol. The van der Waals surface area contributed by atoms with Crippen molar-refractivity contribution in [2.75, 3.05) is 4.90 Å². The summed E-state index contributed by atoms with van der Waals surface area (Å²) in [7, 11) is 0. The number of anilines is 1. The van der Waals surface area contributed by atoms with Gasteiger partial charge in [-0.1, -0.05) is 35.0 Å². The summed E-state index contributed by atoms with van der Waals surface area (Å²) in [5.41, 5.74) is 2.82. The van der Waals surface area contributed by atoms with Crippen LogP contribution in [0.2, 0.25) is 0 Å². The number of aryl methyl sites for hydroxylation is 1. The number of hydrogen-bond acceptors (Lipinski definition) is 6. The molecule has 0 N–H and O–H groups in total. The van der Waals surface area contributed by atoms with E-state index in [4.69, 9.17) is 4.52 Å². The van der Waals surface area contributed by atoms with Crippen molar-refractivity contribution in [2.45, 2.75) is 33.4 Å². The smallest absolute Gasteiger partial charge is 0.270 e. The van der Waals surface area contributed by atoms with Crippen LogP contribution in [0.5, 0.6) is 0 Å². The maximum absolute atomic E-state index is 10.9. The Morgan fingerprint density at radius 3 is 2.58 bits per heavy atom. The van der Waals surface area contributed by atoms with Crippen molar-refractivity contribution in [1.82, 2.24) is 10.1 Å². The average Bonchev–Trinajstić information content (AvgIpc) is 3.09. The molecular weight excluding hydrogens is 332 g/mol. The second-order valence-corrected chi connectivity index (χ2v) is 6.38. The van der Waals surface area contributed by atoms with Crippen LogP contribution in [0.15, 0.2) is 53.1 Å². The summed E-state index contributed by atoms with van der Waals surface area (Å²) >= 11 is 0. The van der Waals surface area contributed by atoms with Crippen LogP contribution < -0.4 is 4.90 Å². The molecule has 7 nitrogen and oxygen atoms in total. The molecule has 1 heterocycles. The Balaban J connectivity index is 1.83. The molecular formula is C19H20N4O3. The Kier molecular flexibility index (Phi) is 4.97. The number of nitrogens with zero attached hydrogens (tertiary/aromatic N) is 4. The van der Waals surface area contributed by atoms with Crippen molar-refractivity contribution in [2.24, 2.45) is 0 Å². The molecule has 0 unspecified atom stereocenters. The highest BCUT2D eigenvalue weighted by atomic mass is 16.6. The fourth-order valence-electron chi connectivity index (χ4n) is 2.65. The Morgan fingerprint density at radius 1 is 1.19 bits per heavy atom. The van der Waals surface area contributed by atoms with E-state index in [1.54, 1.807) is 12.1 Å². The Labute approximate surface area is 151 Å². The van der Waals surface area contributed by atoms with E-state index >= 15 is 0 Å². The zero-order chi connectivity index (χ0) is 18.7. The fraction of sp³-hybridized carbons (Fsp3) is 0.263. The first-order chi connectivity index (χ1) is 12.4. The van der Waals surface area contributed by atoms with Crippen molar-refractivity contribution < 1.29 is 9.45 Å². The van der Waals surface area contributed by atoms with Gasteiger partial charge in [-0.15, -0.1) is 0 Å². The maximum atomic E-state index is 10.9. The van der Waals surface area contributed by atoms with Gasteiger partial charge in [0.2, 0.25) is 11.7 Å². The van der Waals surface area contributed by atoms with E-state index in [9.17, 15) is 10.1 Å². The lowest BCUT2D eigenvalue weighted by molar-refractivity contribution is -0.384. The number of aromatic nitrogens is 2. The van der Waals surface area contributed by atoms with Crippen LogP contribution in [-0.2, 0) is 6.54 Å². The molecule has 26 heavy (non-hydrogen) atoms. The normalized spacial score (nSPS) is 10.9. The molecule has 134 valence electrons. The monoisotopic (exact) mass is 352 g/mol. The maximum Gasteiger partial charge on any atom is 0.270 e. The minimum atomic E-state index is -0.442. The minimum Gasteiger partial charge on any atom is -0.360 e. The molecule has 0 aliphatic heterocycles. The SMILES string of the molecule is Cc1ccc(N(Cc2nc(-c3cccc([N+](=O)[O-])c3)no2)C(C)C)cc1. The zero-order valence-corrected chi connectivity index (χ0v) is 14.9. The van der Waals surface area contributed by atoms with Gasteiger partial charge in [0.05, 0.1) is 11.5 Å². The summed E-state index contributed by atoms with van der Waals surface area (Å²) in [5.74, 6) is 0.803. The molecule has 2 aromatic carbocycles. The van der Waals surface area contributed by atoms with Gasteiger partial charge in [-0.2, -0.15) is 4.98 Å². The van der Waals surface area contributed by atoms with Gasteiger partial charge in [0.15, 0.2) is 0 Å². The Hall–Kier alpha value is -3.22. The molecule has 3 aromatic rings. The number of nitro groups is 1. The van der Waals surface area contributed by atoms with E-state index < -0.39 is 4.92 Å². The van der Waals surface area contributed by atoms with Gasteiger partial charge < -0.3 is 9.42 Å². The van der Waals surface area contributed by atoms with E-state index in [0.29, 0.717) is 23.8 Å². The van der Waals surface area contributed by atoms with Crippen molar-refractivity contribution in [3.8, 4) is 11.4 Å². The van der Waals surface area contributed by atoms with Gasteiger partial charge in [0.25, 0.3) is 5.69 Å². The van der Waals surface area contributed by atoms with Gasteiger partial charge in [0, 0.05) is 29.4 Å². The average molecular weight is 352 g/mol. The summed E-state index contributed by atoms with van der Waals surface area (Å²) in [6.45, 7) is 6.70. The van der Waals surface area contributed by atoms with Crippen molar-refractivity contribution >= 4 is 11.4 Å². The second-order valence-electron chi connectivity index (χ2n) is 6.38. The molecule has 0 atom stereocenters. The molecule has 0 amide bonds. The third-order valence-corrected chi connectivity index (χ3v) is 4.08. The van der Waals surface area contributed by atoms with Crippen LogP contribution >= 0.6 is 0 Å². The summed E-state index contributed by atoms with van der Waals surface area (Å²) in [6, 6.07) is 14.7. The van der Waals surface area contributed by atoms with Crippen molar-refractivity contribution in [3.05, 3.63) is 70.1 Å². The highest BCUT2D eigenvalue weighted by molar-refractivity contribution is 5.58. The Morgan fingerprint density at radius 2 is 1.92 bits per heavy atom. The first-order valence-electron chi connectivity index (χ1n) is 8.35. The largest absolute Gasteiger partial charge is 0.360 e. The van der Waals surface area contributed by atoms with Crippen molar-refractivity contribution in [3.63, 3.8) is 0 Å². The first-order valence-corrected chi connectivity index (χ1v) is 8.35. The molecule has 3 rings (SSSR count). The first kappa shape index (κ1) is 17.6. The van der Waals surface area contributed by atoms with E-state index in [-0.39, 0.29) is 11.7 Å². The second kappa shape index (κ2) is 7.35. The van der Waals surface area contributed by atoms with Crippen LogP contribution in [0.3, 0.4) is 0 Å². The highest BCUT2D eigenvalue weighted by Crippen LogP contribution is 2.24. The van der Waals surface area contributed by atoms with E-state index in [1.165, 1.54) is 17.7 Å². The predicted octanol–water partition coefficient (Wildman–Crippen LogP) is 4.37.